The predicted molar refractivity (Wildman–Crippen MR) is 78.9 cm³/mol. The lowest BCUT2D eigenvalue weighted by Gasteiger charge is -2.30. The number of rotatable bonds is 0. The molecule has 0 heterocycles. The molecule has 3 atom stereocenters. The Morgan fingerprint density at radius 2 is 1.53 bits per heavy atom. The molecule has 0 aromatic heterocycles. The van der Waals surface area contributed by atoms with Gasteiger partial charge in [-0.3, -0.25) is 0 Å². The van der Waals surface area contributed by atoms with E-state index in [1.807, 2.05) is 6.07 Å². The molecule has 0 spiro atoms. The molecule has 3 rings (SSSR count). The second-order valence-corrected chi connectivity index (χ2v) is 5.73. The minimum atomic E-state index is -0.375. The SMILES string of the molecule is C[C@H]1[C@@H](C)Cc2ccccc2-c2ccccc2[C@@H]1O. The quantitative estimate of drug-likeness (QED) is 0.744. The Labute approximate surface area is 114 Å². The molecule has 0 radical (unpaired) electrons. The highest BCUT2D eigenvalue weighted by Crippen LogP contribution is 2.40. The number of aliphatic hydroxyl groups excluding tert-OH is 1. The smallest absolute Gasteiger partial charge is 0.0824 e. The molecule has 0 aliphatic heterocycles. The van der Waals surface area contributed by atoms with Gasteiger partial charge in [-0.05, 0) is 40.5 Å². The minimum absolute atomic E-state index is 0.273. The van der Waals surface area contributed by atoms with E-state index >= 15 is 0 Å². The van der Waals surface area contributed by atoms with Gasteiger partial charge in [-0.15, -0.1) is 0 Å². The van der Waals surface area contributed by atoms with Crippen LogP contribution in [0.25, 0.3) is 11.1 Å². The van der Waals surface area contributed by atoms with Gasteiger partial charge < -0.3 is 5.11 Å². The standard InChI is InChI=1S/C18H20O/c1-12-11-14-7-3-4-8-15(14)16-9-5-6-10-17(16)18(19)13(12)2/h3-10,12-13,18-19H,11H2,1-2H3/t12-,13-,18+/m0/s1. The van der Waals surface area contributed by atoms with Gasteiger partial charge in [-0.25, -0.2) is 0 Å². The van der Waals surface area contributed by atoms with Crippen LogP contribution in [0, 0.1) is 11.8 Å². The second-order valence-electron chi connectivity index (χ2n) is 5.73. The van der Waals surface area contributed by atoms with Gasteiger partial charge in [-0.2, -0.15) is 0 Å². The highest BCUT2D eigenvalue weighted by Gasteiger charge is 2.28. The van der Waals surface area contributed by atoms with E-state index in [1.165, 1.54) is 16.7 Å². The maximum Gasteiger partial charge on any atom is 0.0824 e. The van der Waals surface area contributed by atoms with Crippen molar-refractivity contribution in [2.45, 2.75) is 26.4 Å². The maximum atomic E-state index is 10.6. The Hall–Kier alpha value is -1.60. The molecular formula is C18H20O. The lowest BCUT2D eigenvalue weighted by atomic mass is 9.77. The van der Waals surface area contributed by atoms with Gasteiger partial charge in [0.15, 0.2) is 0 Å². The lowest BCUT2D eigenvalue weighted by Crippen LogP contribution is -2.21. The van der Waals surface area contributed by atoms with Crippen LogP contribution >= 0.6 is 0 Å². The van der Waals surface area contributed by atoms with E-state index in [0.717, 1.165) is 12.0 Å². The Morgan fingerprint density at radius 3 is 2.32 bits per heavy atom. The summed E-state index contributed by atoms with van der Waals surface area (Å²) >= 11 is 0. The predicted octanol–water partition coefficient (Wildman–Crippen LogP) is 4.22. The van der Waals surface area contributed by atoms with E-state index in [2.05, 4.69) is 56.3 Å². The number of hydrogen-bond donors (Lipinski definition) is 1. The van der Waals surface area contributed by atoms with Gasteiger partial charge in [0.1, 0.15) is 0 Å². The van der Waals surface area contributed by atoms with Gasteiger partial charge in [-0.1, -0.05) is 62.4 Å². The average molecular weight is 252 g/mol. The zero-order chi connectivity index (χ0) is 13.4. The van der Waals surface area contributed by atoms with Gasteiger partial charge in [0.25, 0.3) is 0 Å². The summed E-state index contributed by atoms with van der Waals surface area (Å²) in [6.45, 7) is 4.39. The van der Waals surface area contributed by atoms with E-state index < -0.39 is 0 Å². The summed E-state index contributed by atoms with van der Waals surface area (Å²) in [5, 5.41) is 10.6. The van der Waals surface area contributed by atoms with Crippen LogP contribution in [0.5, 0.6) is 0 Å². The molecule has 1 N–H and O–H groups in total. The molecule has 2 aromatic rings. The molecule has 0 bridgehead atoms. The van der Waals surface area contributed by atoms with Gasteiger partial charge in [0.2, 0.25) is 0 Å². The van der Waals surface area contributed by atoms with Crippen molar-refractivity contribution in [2.24, 2.45) is 11.8 Å². The third-order valence-electron chi connectivity index (χ3n) is 4.52. The maximum absolute atomic E-state index is 10.6. The van der Waals surface area contributed by atoms with E-state index in [4.69, 9.17) is 0 Å². The Kier molecular flexibility index (Phi) is 3.16. The summed E-state index contributed by atoms with van der Waals surface area (Å²) in [4.78, 5) is 0. The van der Waals surface area contributed by atoms with Crippen molar-refractivity contribution in [1.82, 2.24) is 0 Å². The first-order chi connectivity index (χ1) is 9.18. The molecule has 98 valence electrons. The molecule has 2 aromatic carbocycles. The zero-order valence-electron chi connectivity index (χ0n) is 11.5. The van der Waals surface area contributed by atoms with Crippen LogP contribution in [-0.2, 0) is 6.42 Å². The van der Waals surface area contributed by atoms with Crippen molar-refractivity contribution in [3.63, 3.8) is 0 Å². The number of fused-ring (bicyclic) bond motifs is 3. The number of aliphatic hydroxyl groups is 1. The fourth-order valence-electron chi connectivity index (χ4n) is 3.09. The molecular weight excluding hydrogens is 232 g/mol. The molecule has 0 amide bonds. The topological polar surface area (TPSA) is 20.2 Å². The average Bonchev–Trinajstić information content (AvgIpc) is 2.45. The molecule has 0 fully saturated rings. The summed E-state index contributed by atoms with van der Waals surface area (Å²) < 4.78 is 0. The van der Waals surface area contributed by atoms with E-state index in [-0.39, 0.29) is 12.0 Å². The molecule has 19 heavy (non-hydrogen) atoms. The highest BCUT2D eigenvalue weighted by molar-refractivity contribution is 5.71. The number of hydrogen-bond acceptors (Lipinski definition) is 1. The normalized spacial score (nSPS) is 25.9. The Bertz CT molecular complexity index is 588. The molecule has 0 saturated heterocycles. The minimum Gasteiger partial charge on any atom is -0.388 e. The van der Waals surface area contributed by atoms with E-state index in [1.54, 1.807) is 0 Å². The number of benzene rings is 2. The largest absolute Gasteiger partial charge is 0.388 e. The highest BCUT2D eigenvalue weighted by atomic mass is 16.3. The van der Waals surface area contributed by atoms with Gasteiger partial charge in [0, 0.05) is 0 Å². The third-order valence-corrected chi connectivity index (χ3v) is 4.52. The van der Waals surface area contributed by atoms with Crippen LogP contribution in [-0.4, -0.2) is 5.11 Å². The van der Waals surface area contributed by atoms with Crippen LogP contribution in [0.15, 0.2) is 48.5 Å². The summed E-state index contributed by atoms with van der Waals surface area (Å²) in [6, 6.07) is 16.8. The van der Waals surface area contributed by atoms with Crippen LogP contribution in [0.4, 0.5) is 0 Å². The van der Waals surface area contributed by atoms with E-state index in [0.29, 0.717) is 5.92 Å². The lowest BCUT2D eigenvalue weighted by molar-refractivity contribution is 0.0869. The third kappa shape index (κ3) is 2.08. The Morgan fingerprint density at radius 1 is 0.895 bits per heavy atom. The van der Waals surface area contributed by atoms with Crippen LogP contribution in [0.1, 0.15) is 31.1 Å². The first kappa shape index (κ1) is 12.4. The summed E-state index contributed by atoms with van der Waals surface area (Å²) in [5.41, 5.74) is 4.91. The monoisotopic (exact) mass is 252 g/mol. The molecule has 0 unspecified atom stereocenters. The summed E-state index contributed by atoms with van der Waals surface area (Å²) in [7, 11) is 0. The Balaban J connectivity index is 2.25. The van der Waals surface area contributed by atoms with E-state index in [9.17, 15) is 5.11 Å². The van der Waals surface area contributed by atoms with Crippen molar-refractivity contribution in [1.29, 1.82) is 0 Å². The summed E-state index contributed by atoms with van der Waals surface area (Å²) in [6.07, 6.45) is 0.655. The van der Waals surface area contributed by atoms with Gasteiger partial charge in [0.05, 0.1) is 6.10 Å². The molecule has 1 heteroatoms. The fourth-order valence-corrected chi connectivity index (χ4v) is 3.09. The van der Waals surface area contributed by atoms with Crippen molar-refractivity contribution in [3.05, 3.63) is 59.7 Å². The summed E-state index contributed by atoms with van der Waals surface area (Å²) in [5.74, 6) is 0.749. The van der Waals surface area contributed by atoms with Crippen molar-refractivity contribution >= 4 is 0 Å². The van der Waals surface area contributed by atoms with Crippen LogP contribution in [0.2, 0.25) is 0 Å². The molecule has 1 nitrogen and oxygen atoms in total. The van der Waals surface area contributed by atoms with Crippen LogP contribution in [0.3, 0.4) is 0 Å². The van der Waals surface area contributed by atoms with Gasteiger partial charge >= 0.3 is 0 Å². The molecule has 1 aliphatic rings. The van der Waals surface area contributed by atoms with Crippen LogP contribution < -0.4 is 0 Å². The molecule has 1 aliphatic carbocycles. The first-order valence-corrected chi connectivity index (χ1v) is 7.03. The first-order valence-electron chi connectivity index (χ1n) is 7.03. The van der Waals surface area contributed by atoms with Crippen molar-refractivity contribution in [3.8, 4) is 11.1 Å². The molecule has 0 saturated carbocycles. The zero-order valence-corrected chi connectivity index (χ0v) is 11.5. The van der Waals surface area contributed by atoms with Crippen molar-refractivity contribution < 1.29 is 5.11 Å². The second kappa shape index (κ2) is 4.82. The fraction of sp³-hybridized carbons (Fsp3) is 0.333. The van der Waals surface area contributed by atoms with Crippen molar-refractivity contribution in [2.75, 3.05) is 0 Å².